The first-order valence-electron chi connectivity index (χ1n) is 7.93. The summed E-state index contributed by atoms with van der Waals surface area (Å²) >= 11 is 0. The Balaban J connectivity index is 1.86. The molecule has 1 atom stereocenters. The van der Waals surface area contributed by atoms with Crippen molar-refractivity contribution in [3.05, 3.63) is 71.5 Å². The molecule has 0 aromatic heterocycles. The van der Waals surface area contributed by atoms with Crippen molar-refractivity contribution in [3.8, 4) is 5.75 Å². The summed E-state index contributed by atoms with van der Waals surface area (Å²) in [7, 11) is 0. The third-order valence-corrected chi connectivity index (χ3v) is 4.37. The van der Waals surface area contributed by atoms with E-state index >= 15 is 0 Å². The Labute approximate surface area is 140 Å². The van der Waals surface area contributed by atoms with E-state index in [1.54, 1.807) is 17.0 Å². The summed E-state index contributed by atoms with van der Waals surface area (Å²) in [4.78, 5) is 17.8. The molecule has 2 aliphatic heterocycles. The zero-order chi connectivity index (χ0) is 16.7. The SMILES string of the molecule is CC1NC2=C(c3ccc(O)cc3)[NH+]=C(c3ccccc3)CN2C1=O. The Kier molecular flexibility index (Phi) is 3.34. The molecule has 5 heteroatoms. The van der Waals surface area contributed by atoms with E-state index in [1.807, 2.05) is 49.4 Å². The number of phenols is 1. The highest BCUT2D eigenvalue weighted by molar-refractivity contribution is 6.03. The number of rotatable bonds is 2. The molecule has 0 radical (unpaired) electrons. The van der Waals surface area contributed by atoms with Gasteiger partial charge in [-0.3, -0.25) is 9.69 Å². The van der Waals surface area contributed by atoms with Crippen molar-refractivity contribution < 1.29 is 14.9 Å². The summed E-state index contributed by atoms with van der Waals surface area (Å²) in [5.74, 6) is 1.07. The molecule has 1 unspecified atom stereocenters. The van der Waals surface area contributed by atoms with Gasteiger partial charge in [-0.25, -0.2) is 4.99 Å². The van der Waals surface area contributed by atoms with Crippen LogP contribution in [0.2, 0.25) is 0 Å². The number of amides is 1. The number of benzene rings is 2. The van der Waals surface area contributed by atoms with Gasteiger partial charge in [0.15, 0.2) is 5.82 Å². The van der Waals surface area contributed by atoms with Crippen molar-refractivity contribution in [2.45, 2.75) is 13.0 Å². The lowest BCUT2D eigenvalue weighted by Gasteiger charge is -2.20. The largest absolute Gasteiger partial charge is 0.508 e. The van der Waals surface area contributed by atoms with E-state index in [1.165, 1.54) is 0 Å². The molecule has 24 heavy (non-hydrogen) atoms. The zero-order valence-electron chi connectivity index (χ0n) is 13.3. The van der Waals surface area contributed by atoms with Gasteiger partial charge in [0, 0.05) is 5.56 Å². The van der Waals surface area contributed by atoms with Crippen LogP contribution in [0, 0.1) is 0 Å². The number of aromatic hydroxyl groups is 1. The van der Waals surface area contributed by atoms with Gasteiger partial charge in [-0.05, 0) is 43.3 Å². The van der Waals surface area contributed by atoms with Crippen molar-refractivity contribution >= 4 is 17.3 Å². The third-order valence-electron chi connectivity index (χ3n) is 4.37. The molecule has 4 rings (SSSR count). The van der Waals surface area contributed by atoms with Crippen LogP contribution in [-0.4, -0.2) is 34.2 Å². The van der Waals surface area contributed by atoms with Crippen LogP contribution in [0.1, 0.15) is 18.1 Å². The lowest BCUT2D eigenvalue weighted by molar-refractivity contribution is -0.349. The minimum absolute atomic E-state index is 0.0659. The molecule has 0 aliphatic carbocycles. The van der Waals surface area contributed by atoms with Gasteiger partial charge in [-0.1, -0.05) is 18.2 Å². The smallest absolute Gasteiger partial charge is 0.252 e. The molecule has 2 aromatic rings. The van der Waals surface area contributed by atoms with Gasteiger partial charge < -0.3 is 10.4 Å². The number of carbonyl (C=O) groups is 1. The van der Waals surface area contributed by atoms with Crippen molar-refractivity contribution in [2.24, 2.45) is 0 Å². The fourth-order valence-electron chi connectivity index (χ4n) is 3.10. The van der Waals surface area contributed by atoms with Crippen LogP contribution in [-0.2, 0) is 4.79 Å². The first kappa shape index (κ1) is 14.5. The first-order valence-corrected chi connectivity index (χ1v) is 7.93. The summed E-state index contributed by atoms with van der Waals surface area (Å²) in [6.45, 7) is 2.38. The van der Waals surface area contributed by atoms with Gasteiger partial charge in [0.2, 0.25) is 5.71 Å². The predicted octanol–water partition coefficient (Wildman–Crippen LogP) is 0.422. The monoisotopic (exact) mass is 320 g/mol. The summed E-state index contributed by atoms with van der Waals surface area (Å²) < 4.78 is 0. The molecule has 3 N–H and O–H groups in total. The van der Waals surface area contributed by atoms with Crippen LogP contribution in [0.25, 0.3) is 5.70 Å². The Morgan fingerprint density at radius 3 is 2.50 bits per heavy atom. The normalized spacial score (nSPS) is 19.9. The van der Waals surface area contributed by atoms with Crippen LogP contribution in [0.5, 0.6) is 5.75 Å². The second-order valence-corrected chi connectivity index (χ2v) is 6.03. The topological polar surface area (TPSA) is 66.5 Å². The van der Waals surface area contributed by atoms with Crippen LogP contribution in [0.4, 0.5) is 0 Å². The maximum Gasteiger partial charge on any atom is 0.252 e. The zero-order valence-corrected chi connectivity index (χ0v) is 13.3. The van der Waals surface area contributed by atoms with Gasteiger partial charge >= 0.3 is 0 Å². The van der Waals surface area contributed by atoms with Gasteiger partial charge in [0.05, 0.1) is 5.56 Å². The Morgan fingerprint density at radius 1 is 1.08 bits per heavy atom. The number of phenolic OH excluding ortho intramolecular Hbond substituents is 1. The van der Waals surface area contributed by atoms with Gasteiger partial charge in [0.25, 0.3) is 11.6 Å². The molecular weight excluding hydrogens is 302 g/mol. The second kappa shape index (κ2) is 5.53. The van der Waals surface area contributed by atoms with E-state index < -0.39 is 0 Å². The minimum Gasteiger partial charge on any atom is -0.508 e. The lowest BCUT2D eigenvalue weighted by Crippen LogP contribution is -2.75. The summed E-state index contributed by atoms with van der Waals surface area (Å²) in [5.41, 5.74) is 3.79. The third kappa shape index (κ3) is 2.34. The maximum absolute atomic E-state index is 12.5. The molecule has 1 amide bonds. The van der Waals surface area contributed by atoms with Gasteiger partial charge in [-0.15, -0.1) is 0 Å². The van der Waals surface area contributed by atoms with E-state index in [9.17, 15) is 9.90 Å². The van der Waals surface area contributed by atoms with E-state index in [0.29, 0.717) is 6.54 Å². The molecule has 0 spiro atoms. The molecule has 0 saturated carbocycles. The number of hydrogen-bond donors (Lipinski definition) is 3. The Hall–Kier alpha value is -3.08. The van der Waals surface area contributed by atoms with E-state index in [-0.39, 0.29) is 17.7 Å². The first-order chi connectivity index (χ1) is 11.6. The average Bonchev–Trinajstić information content (AvgIpc) is 2.90. The molecule has 2 aliphatic rings. The summed E-state index contributed by atoms with van der Waals surface area (Å²) in [6, 6.07) is 16.7. The fourth-order valence-corrected chi connectivity index (χ4v) is 3.10. The standard InChI is InChI=1S/C19H17N3O2/c1-12-19(24)22-11-16(13-5-3-2-4-6-13)21-17(18(22)20-12)14-7-9-15(23)10-8-14/h2-10,12,20,23H,11H2,1H3/p+1. The van der Waals surface area contributed by atoms with Crippen LogP contribution >= 0.6 is 0 Å². The van der Waals surface area contributed by atoms with E-state index in [0.717, 1.165) is 28.4 Å². The quantitative estimate of drug-likeness (QED) is 0.751. The van der Waals surface area contributed by atoms with Gasteiger partial charge in [0.1, 0.15) is 18.3 Å². The van der Waals surface area contributed by atoms with Crippen molar-refractivity contribution in [2.75, 3.05) is 6.54 Å². The number of hydrogen-bond acceptors (Lipinski definition) is 3. The minimum atomic E-state index is -0.246. The molecule has 120 valence electrons. The van der Waals surface area contributed by atoms with Crippen LogP contribution in [0.3, 0.4) is 0 Å². The average molecular weight is 320 g/mol. The molecular formula is C19H18N3O2+. The lowest BCUT2D eigenvalue weighted by atomic mass is 10.1. The molecule has 2 aromatic carbocycles. The number of fused-ring (bicyclic) bond motifs is 1. The number of carbonyl (C=O) groups excluding carboxylic acids is 1. The van der Waals surface area contributed by atoms with Crippen molar-refractivity contribution in [3.63, 3.8) is 0 Å². The molecule has 0 bridgehead atoms. The maximum atomic E-state index is 12.5. The highest BCUT2D eigenvalue weighted by Crippen LogP contribution is 2.24. The fraction of sp³-hybridized carbons (Fsp3) is 0.158. The predicted molar refractivity (Wildman–Crippen MR) is 90.9 cm³/mol. The van der Waals surface area contributed by atoms with Gasteiger partial charge in [-0.2, -0.15) is 0 Å². The highest BCUT2D eigenvalue weighted by Gasteiger charge is 2.41. The number of nitrogens with one attached hydrogen (secondary N) is 2. The molecule has 1 fully saturated rings. The van der Waals surface area contributed by atoms with Crippen molar-refractivity contribution in [1.82, 2.24) is 10.2 Å². The van der Waals surface area contributed by atoms with Crippen LogP contribution in [0.15, 0.2) is 60.4 Å². The Morgan fingerprint density at radius 2 is 1.79 bits per heavy atom. The highest BCUT2D eigenvalue weighted by atomic mass is 16.3. The molecule has 2 heterocycles. The van der Waals surface area contributed by atoms with E-state index in [2.05, 4.69) is 10.3 Å². The second-order valence-electron chi connectivity index (χ2n) is 6.03. The Bertz CT molecular complexity index is 854. The van der Waals surface area contributed by atoms with E-state index in [4.69, 9.17) is 0 Å². The number of nitrogens with zero attached hydrogens (tertiary/aromatic N) is 1. The molecule has 1 saturated heterocycles. The summed E-state index contributed by atoms with van der Waals surface area (Å²) in [5, 5.41) is 12.8. The summed E-state index contributed by atoms with van der Waals surface area (Å²) in [6.07, 6.45) is 0. The van der Waals surface area contributed by atoms with Crippen molar-refractivity contribution in [1.29, 1.82) is 0 Å². The molecule has 5 nitrogen and oxygen atoms in total. The van der Waals surface area contributed by atoms with Crippen LogP contribution < -0.4 is 10.3 Å².